The van der Waals surface area contributed by atoms with Crippen molar-refractivity contribution in [2.45, 2.75) is 50.9 Å². The second-order valence-corrected chi connectivity index (χ2v) is 7.62. The van der Waals surface area contributed by atoms with E-state index in [4.69, 9.17) is 4.52 Å². The van der Waals surface area contributed by atoms with Gasteiger partial charge in [0.2, 0.25) is 0 Å². The fourth-order valence-corrected chi connectivity index (χ4v) is 3.48. The van der Waals surface area contributed by atoms with E-state index in [0.29, 0.717) is 12.5 Å². The Morgan fingerprint density at radius 1 is 1.32 bits per heavy atom. The number of likely N-dealkylation sites (N-methyl/N-ethyl adjacent to an activating group) is 1. The van der Waals surface area contributed by atoms with E-state index in [1.54, 1.807) is 0 Å². The minimum Gasteiger partial charge on any atom is -0.385 e. The van der Waals surface area contributed by atoms with Crippen molar-refractivity contribution in [1.82, 2.24) is 24.7 Å². The summed E-state index contributed by atoms with van der Waals surface area (Å²) in [5.74, 6) is 1.65. The standard InChI is InChI=1S/C18H27N5O2/c1-21(2)12-17(24)16-9-15-11-22(6-3-7-23(15)19-16)10-14-8-18(25-20-14)13-4-5-13/h8-9,13,17,24H,3-7,10-12H2,1-2H3/t17-/m0/s1. The lowest BCUT2D eigenvalue weighted by molar-refractivity contribution is 0.133. The lowest BCUT2D eigenvalue weighted by Crippen LogP contribution is -2.23. The van der Waals surface area contributed by atoms with Crippen LogP contribution in [0, 0.1) is 0 Å². The number of aryl methyl sites for hydroxylation is 1. The maximum absolute atomic E-state index is 10.3. The van der Waals surface area contributed by atoms with Crippen LogP contribution in [0.15, 0.2) is 16.7 Å². The van der Waals surface area contributed by atoms with Crippen molar-refractivity contribution in [2.75, 3.05) is 27.2 Å². The quantitative estimate of drug-likeness (QED) is 0.860. The highest BCUT2D eigenvalue weighted by atomic mass is 16.5. The number of nitrogens with zero attached hydrogens (tertiary/aromatic N) is 5. The Morgan fingerprint density at radius 2 is 2.16 bits per heavy atom. The van der Waals surface area contributed by atoms with Crippen molar-refractivity contribution in [2.24, 2.45) is 0 Å². The SMILES string of the molecule is CN(C)C[C@H](O)c1cc2n(n1)CCCN(Cc1cc(C3CC3)on1)C2. The molecule has 1 atom stereocenters. The molecule has 1 N–H and O–H groups in total. The molecule has 1 aliphatic carbocycles. The number of hydrogen-bond donors (Lipinski definition) is 1. The van der Waals surface area contributed by atoms with Crippen LogP contribution in [0.2, 0.25) is 0 Å². The Balaban J connectivity index is 1.43. The first-order valence-corrected chi connectivity index (χ1v) is 9.16. The van der Waals surface area contributed by atoms with E-state index in [0.717, 1.165) is 55.4 Å². The summed E-state index contributed by atoms with van der Waals surface area (Å²) in [6.07, 6.45) is 2.97. The van der Waals surface area contributed by atoms with Crippen molar-refractivity contribution in [3.05, 3.63) is 35.0 Å². The van der Waals surface area contributed by atoms with E-state index in [1.807, 2.05) is 29.7 Å². The lowest BCUT2D eigenvalue weighted by Gasteiger charge is -2.17. The summed E-state index contributed by atoms with van der Waals surface area (Å²) in [5, 5.41) is 19.2. The zero-order valence-electron chi connectivity index (χ0n) is 15.1. The molecule has 7 nitrogen and oxygen atoms in total. The third kappa shape index (κ3) is 3.94. The molecule has 3 heterocycles. The first kappa shape index (κ1) is 16.8. The van der Waals surface area contributed by atoms with Gasteiger partial charge >= 0.3 is 0 Å². The van der Waals surface area contributed by atoms with Gasteiger partial charge in [0, 0.05) is 44.7 Å². The smallest absolute Gasteiger partial charge is 0.140 e. The number of aliphatic hydroxyl groups is 1. The van der Waals surface area contributed by atoms with Crippen LogP contribution < -0.4 is 0 Å². The molecule has 0 radical (unpaired) electrons. The molecule has 4 rings (SSSR count). The molecule has 7 heteroatoms. The summed E-state index contributed by atoms with van der Waals surface area (Å²) < 4.78 is 7.52. The van der Waals surface area contributed by atoms with E-state index >= 15 is 0 Å². The van der Waals surface area contributed by atoms with Gasteiger partial charge in [0.25, 0.3) is 0 Å². The summed E-state index contributed by atoms with van der Waals surface area (Å²) >= 11 is 0. The molecule has 2 aliphatic rings. The average molecular weight is 345 g/mol. The predicted octanol–water partition coefficient (Wildman–Crippen LogP) is 1.75. The van der Waals surface area contributed by atoms with Crippen molar-refractivity contribution in [3.8, 4) is 0 Å². The van der Waals surface area contributed by atoms with Gasteiger partial charge in [-0.3, -0.25) is 9.58 Å². The van der Waals surface area contributed by atoms with E-state index in [1.165, 1.54) is 12.8 Å². The second kappa shape index (κ2) is 6.90. The maximum atomic E-state index is 10.3. The molecule has 0 bridgehead atoms. The van der Waals surface area contributed by atoms with Gasteiger partial charge in [0.1, 0.15) is 11.9 Å². The number of fused-ring (bicyclic) bond motifs is 1. The van der Waals surface area contributed by atoms with Crippen LogP contribution in [0.4, 0.5) is 0 Å². The van der Waals surface area contributed by atoms with Gasteiger partial charge in [-0.25, -0.2) is 0 Å². The fourth-order valence-electron chi connectivity index (χ4n) is 3.48. The van der Waals surface area contributed by atoms with Crippen LogP contribution in [-0.2, 0) is 19.6 Å². The molecule has 1 fully saturated rings. The predicted molar refractivity (Wildman–Crippen MR) is 92.9 cm³/mol. The zero-order valence-corrected chi connectivity index (χ0v) is 15.1. The lowest BCUT2D eigenvalue weighted by atomic mass is 10.2. The highest BCUT2D eigenvalue weighted by Gasteiger charge is 2.28. The van der Waals surface area contributed by atoms with Crippen molar-refractivity contribution in [3.63, 3.8) is 0 Å². The molecule has 25 heavy (non-hydrogen) atoms. The molecule has 0 spiro atoms. The average Bonchev–Trinajstić information content (AvgIpc) is 3.23. The first-order valence-electron chi connectivity index (χ1n) is 9.16. The summed E-state index contributed by atoms with van der Waals surface area (Å²) in [6, 6.07) is 4.16. The van der Waals surface area contributed by atoms with E-state index in [2.05, 4.69) is 21.2 Å². The Kier molecular flexibility index (Phi) is 4.62. The molecule has 136 valence electrons. The molecule has 2 aromatic heterocycles. The number of aliphatic hydroxyl groups excluding tert-OH is 1. The van der Waals surface area contributed by atoms with Gasteiger partial charge in [0.15, 0.2) is 0 Å². The first-order chi connectivity index (χ1) is 12.1. The van der Waals surface area contributed by atoms with Crippen LogP contribution in [0.5, 0.6) is 0 Å². The highest BCUT2D eigenvalue weighted by Crippen LogP contribution is 2.40. The van der Waals surface area contributed by atoms with Crippen molar-refractivity contribution >= 4 is 0 Å². The van der Waals surface area contributed by atoms with Gasteiger partial charge in [-0.05, 0) is 39.4 Å². The topological polar surface area (TPSA) is 70.6 Å². The Hall–Kier alpha value is -1.70. The minimum atomic E-state index is -0.542. The molecule has 0 aromatic carbocycles. The summed E-state index contributed by atoms with van der Waals surface area (Å²) in [7, 11) is 3.92. The number of hydrogen-bond acceptors (Lipinski definition) is 6. The zero-order chi connectivity index (χ0) is 17.4. The van der Waals surface area contributed by atoms with Crippen molar-refractivity contribution < 1.29 is 9.63 Å². The van der Waals surface area contributed by atoms with Crippen LogP contribution >= 0.6 is 0 Å². The Bertz CT molecular complexity index is 719. The molecular weight excluding hydrogens is 318 g/mol. The molecule has 0 saturated heterocycles. The normalized spacial score (nSPS) is 19.8. The fraction of sp³-hybridized carbons (Fsp3) is 0.667. The Morgan fingerprint density at radius 3 is 2.92 bits per heavy atom. The number of aromatic nitrogens is 3. The minimum absolute atomic E-state index is 0.542. The van der Waals surface area contributed by atoms with E-state index in [-0.39, 0.29) is 0 Å². The molecule has 1 aliphatic heterocycles. The van der Waals surface area contributed by atoms with Gasteiger partial charge in [-0.2, -0.15) is 5.10 Å². The van der Waals surface area contributed by atoms with Gasteiger partial charge in [-0.1, -0.05) is 5.16 Å². The van der Waals surface area contributed by atoms with Crippen LogP contribution in [0.1, 0.15) is 54.1 Å². The number of rotatable bonds is 6. The molecule has 0 unspecified atom stereocenters. The summed E-state index contributed by atoms with van der Waals surface area (Å²) in [5.41, 5.74) is 2.95. The Labute approximate surface area is 148 Å². The molecule has 0 amide bonds. The summed E-state index contributed by atoms with van der Waals surface area (Å²) in [6.45, 7) is 4.13. The molecule has 1 saturated carbocycles. The third-order valence-electron chi connectivity index (χ3n) is 4.93. The monoisotopic (exact) mass is 345 g/mol. The van der Waals surface area contributed by atoms with Gasteiger partial charge < -0.3 is 14.5 Å². The molecular formula is C18H27N5O2. The van der Waals surface area contributed by atoms with Crippen LogP contribution in [0.25, 0.3) is 0 Å². The molecule has 2 aromatic rings. The maximum Gasteiger partial charge on any atom is 0.140 e. The van der Waals surface area contributed by atoms with Gasteiger partial charge in [0.05, 0.1) is 17.1 Å². The van der Waals surface area contributed by atoms with Gasteiger partial charge in [-0.15, -0.1) is 0 Å². The highest BCUT2D eigenvalue weighted by molar-refractivity contribution is 5.16. The summed E-state index contributed by atoms with van der Waals surface area (Å²) in [4.78, 5) is 4.36. The third-order valence-corrected chi connectivity index (χ3v) is 4.93. The van der Waals surface area contributed by atoms with Crippen LogP contribution in [-0.4, -0.2) is 57.0 Å². The van der Waals surface area contributed by atoms with E-state index < -0.39 is 6.10 Å². The van der Waals surface area contributed by atoms with E-state index in [9.17, 15) is 5.11 Å². The largest absolute Gasteiger partial charge is 0.385 e. The second-order valence-electron chi connectivity index (χ2n) is 7.62. The van der Waals surface area contributed by atoms with Crippen molar-refractivity contribution in [1.29, 1.82) is 0 Å². The van der Waals surface area contributed by atoms with Crippen LogP contribution in [0.3, 0.4) is 0 Å².